The molecule has 0 saturated heterocycles. The van der Waals surface area contributed by atoms with Crippen LogP contribution in [-0.4, -0.2) is 25.7 Å². The monoisotopic (exact) mass is 255 g/mol. The van der Waals surface area contributed by atoms with Gasteiger partial charge in [-0.15, -0.1) is 0 Å². The van der Waals surface area contributed by atoms with E-state index < -0.39 is 0 Å². The Morgan fingerprint density at radius 3 is 2.82 bits per heavy atom. The molecule has 94 valence electrons. The molecule has 4 heteroatoms. The highest BCUT2D eigenvalue weighted by atomic mass is 35.5. The van der Waals surface area contributed by atoms with Crippen LogP contribution < -0.4 is 5.32 Å². The van der Waals surface area contributed by atoms with E-state index in [1.54, 1.807) is 24.3 Å². The number of carbonyl (C=O) groups excluding carboxylic acids is 1. The molecular weight excluding hydrogens is 238 g/mol. The van der Waals surface area contributed by atoms with Crippen LogP contribution in [0.5, 0.6) is 0 Å². The summed E-state index contributed by atoms with van der Waals surface area (Å²) in [4.78, 5) is 11.6. The normalized spacial score (nSPS) is 10.2. The van der Waals surface area contributed by atoms with Crippen molar-refractivity contribution < 1.29 is 9.53 Å². The van der Waals surface area contributed by atoms with E-state index in [0.717, 1.165) is 25.9 Å². The second-order valence-corrected chi connectivity index (χ2v) is 4.13. The van der Waals surface area contributed by atoms with Crippen LogP contribution in [0.1, 0.15) is 30.1 Å². The van der Waals surface area contributed by atoms with Gasteiger partial charge in [0.2, 0.25) is 0 Å². The maximum Gasteiger partial charge on any atom is 0.339 e. The minimum Gasteiger partial charge on any atom is -0.462 e. The summed E-state index contributed by atoms with van der Waals surface area (Å²) in [7, 11) is 0. The van der Waals surface area contributed by atoms with Crippen molar-refractivity contribution in [1.29, 1.82) is 0 Å². The van der Waals surface area contributed by atoms with Crippen LogP contribution in [0.25, 0.3) is 0 Å². The summed E-state index contributed by atoms with van der Waals surface area (Å²) in [5.41, 5.74) is 0.427. The van der Waals surface area contributed by atoms with Gasteiger partial charge in [-0.25, -0.2) is 4.79 Å². The molecule has 1 aromatic carbocycles. The summed E-state index contributed by atoms with van der Waals surface area (Å²) < 4.78 is 5.13. The fourth-order valence-corrected chi connectivity index (χ4v) is 1.58. The summed E-state index contributed by atoms with van der Waals surface area (Å²) in [6, 6.07) is 6.90. The van der Waals surface area contributed by atoms with Gasteiger partial charge in [0.15, 0.2) is 0 Å². The quantitative estimate of drug-likeness (QED) is 0.601. The number of nitrogens with one attached hydrogen (secondary N) is 1. The molecule has 0 aromatic heterocycles. The van der Waals surface area contributed by atoms with Crippen molar-refractivity contribution >= 4 is 17.6 Å². The Kier molecular flexibility index (Phi) is 6.67. The van der Waals surface area contributed by atoms with Gasteiger partial charge in [-0.2, -0.15) is 0 Å². The number of hydrogen-bond donors (Lipinski definition) is 1. The van der Waals surface area contributed by atoms with Crippen molar-refractivity contribution in [1.82, 2.24) is 5.32 Å². The van der Waals surface area contributed by atoms with Crippen LogP contribution in [0.4, 0.5) is 0 Å². The van der Waals surface area contributed by atoms with Crippen LogP contribution in [-0.2, 0) is 4.74 Å². The molecule has 0 aliphatic carbocycles. The summed E-state index contributed by atoms with van der Waals surface area (Å²) >= 11 is 5.89. The third kappa shape index (κ3) is 5.20. The van der Waals surface area contributed by atoms with E-state index in [9.17, 15) is 4.79 Å². The van der Waals surface area contributed by atoms with Gasteiger partial charge in [-0.3, -0.25) is 0 Å². The molecule has 0 aliphatic heterocycles. The first-order valence-electron chi connectivity index (χ1n) is 5.88. The van der Waals surface area contributed by atoms with Gasteiger partial charge in [0, 0.05) is 0 Å². The van der Waals surface area contributed by atoms with Crippen molar-refractivity contribution in [2.75, 3.05) is 19.7 Å². The smallest absolute Gasteiger partial charge is 0.339 e. The van der Waals surface area contributed by atoms with Gasteiger partial charge in [0.1, 0.15) is 0 Å². The first kappa shape index (κ1) is 14.0. The molecule has 17 heavy (non-hydrogen) atoms. The van der Waals surface area contributed by atoms with Gasteiger partial charge < -0.3 is 10.1 Å². The lowest BCUT2D eigenvalue weighted by Crippen LogP contribution is -2.18. The zero-order valence-corrected chi connectivity index (χ0v) is 10.8. The lowest BCUT2D eigenvalue weighted by Gasteiger charge is -2.06. The zero-order chi connectivity index (χ0) is 12.5. The zero-order valence-electron chi connectivity index (χ0n) is 10.0. The fourth-order valence-electron chi connectivity index (χ4n) is 1.37. The number of hydrogen-bond acceptors (Lipinski definition) is 3. The molecule has 0 radical (unpaired) electrons. The van der Waals surface area contributed by atoms with Gasteiger partial charge in [-0.1, -0.05) is 30.7 Å². The van der Waals surface area contributed by atoms with Crippen LogP contribution >= 0.6 is 11.6 Å². The summed E-state index contributed by atoms with van der Waals surface area (Å²) in [6.07, 6.45) is 1.93. The summed E-state index contributed by atoms with van der Waals surface area (Å²) in [6.45, 7) is 4.40. The van der Waals surface area contributed by atoms with E-state index in [4.69, 9.17) is 16.3 Å². The van der Waals surface area contributed by atoms with Crippen LogP contribution in [0, 0.1) is 0 Å². The topological polar surface area (TPSA) is 38.3 Å². The molecule has 0 saturated carbocycles. The minimum atomic E-state index is -0.355. The third-order valence-electron chi connectivity index (χ3n) is 2.25. The molecule has 1 aromatic rings. The van der Waals surface area contributed by atoms with Crippen molar-refractivity contribution in [3.05, 3.63) is 34.9 Å². The average molecular weight is 256 g/mol. The second-order valence-electron chi connectivity index (χ2n) is 3.72. The number of carbonyl (C=O) groups is 1. The Morgan fingerprint density at radius 2 is 2.12 bits per heavy atom. The molecule has 0 atom stereocenters. The molecule has 0 amide bonds. The molecule has 0 aliphatic rings. The third-order valence-corrected chi connectivity index (χ3v) is 2.58. The first-order chi connectivity index (χ1) is 8.25. The largest absolute Gasteiger partial charge is 0.462 e. The predicted octanol–water partition coefficient (Wildman–Crippen LogP) is 2.89. The Balaban J connectivity index is 2.24. The first-order valence-corrected chi connectivity index (χ1v) is 6.26. The van der Waals surface area contributed by atoms with Crippen LogP contribution in [0.2, 0.25) is 5.02 Å². The second kappa shape index (κ2) is 8.09. The standard InChI is InChI=1S/C13H18ClNO2/c1-2-8-15-9-5-10-17-13(16)11-6-3-4-7-12(11)14/h3-4,6-7,15H,2,5,8-10H2,1H3. The lowest BCUT2D eigenvalue weighted by atomic mass is 10.2. The molecule has 1 rings (SSSR count). The molecule has 0 unspecified atom stereocenters. The van der Waals surface area contributed by atoms with Crippen molar-refractivity contribution in [2.24, 2.45) is 0 Å². The van der Waals surface area contributed by atoms with E-state index in [1.165, 1.54) is 0 Å². The molecule has 0 spiro atoms. The van der Waals surface area contributed by atoms with E-state index in [0.29, 0.717) is 17.2 Å². The highest BCUT2D eigenvalue weighted by Gasteiger charge is 2.09. The summed E-state index contributed by atoms with van der Waals surface area (Å²) in [5, 5.41) is 3.67. The Bertz CT molecular complexity index is 355. The molecule has 0 heterocycles. The van der Waals surface area contributed by atoms with Gasteiger partial charge >= 0.3 is 5.97 Å². The number of benzene rings is 1. The Morgan fingerprint density at radius 1 is 1.35 bits per heavy atom. The number of esters is 1. The van der Waals surface area contributed by atoms with Gasteiger partial charge in [0.25, 0.3) is 0 Å². The number of ether oxygens (including phenoxy) is 1. The molecule has 3 nitrogen and oxygen atoms in total. The molecule has 1 N–H and O–H groups in total. The Hall–Kier alpha value is -1.06. The van der Waals surface area contributed by atoms with Gasteiger partial charge in [-0.05, 0) is 38.1 Å². The lowest BCUT2D eigenvalue weighted by molar-refractivity contribution is 0.0501. The van der Waals surface area contributed by atoms with Crippen molar-refractivity contribution in [3.8, 4) is 0 Å². The van der Waals surface area contributed by atoms with Gasteiger partial charge in [0.05, 0.1) is 17.2 Å². The van der Waals surface area contributed by atoms with Crippen molar-refractivity contribution in [2.45, 2.75) is 19.8 Å². The van der Waals surface area contributed by atoms with Crippen LogP contribution in [0.15, 0.2) is 24.3 Å². The molecule has 0 bridgehead atoms. The van der Waals surface area contributed by atoms with Crippen LogP contribution in [0.3, 0.4) is 0 Å². The highest BCUT2D eigenvalue weighted by Crippen LogP contribution is 2.15. The maximum atomic E-state index is 11.6. The minimum absolute atomic E-state index is 0.355. The summed E-state index contributed by atoms with van der Waals surface area (Å²) in [5.74, 6) is -0.355. The Labute approximate surface area is 107 Å². The SMILES string of the molecule is CCCNCCCOC(=O)c1ccccc1Cl. The average Bonchev–Trinajstić information content (AvgIpc) is 2.34. The van der Waals surface area contributed by atoms with E-state index in [-0.39, 0.29) is 5.97 Å². The fraction of sp³-hybridized carbons (Fsp3) is 0.462. The highest BCUT2D eigenvalue weighted by molar-refractivity contribution is 6.33. The molecule has 0 fully saturated rings. The number of halogens is 1. The maximum absolute atomic E-state index is 11.6. The molecular formula is C13H18ClNO2. The van der Waals surface area contributed by atoms with Crippen molar-refractivity contribution in [3.63, 3.8) is 0 Å². The predicted molar refractivity (Wildman–Crippen MR) is 69.5 cm³/mol. The van der Waals surface area contributed by atoms with E-state index in [1.807, 2.05) is 0 Å². The van der Waals surface area contributed by atoms with E-state index in [2.05, 4.69) is 12.2 Å². The number of rotatable bonds is 7. The van der Waals surface area contributed by atoms with E-state index >= 15 is 0 Å².